The highest BCUT2D eigenvalue weighted by atomic mass is 32.2. The Hall–Kier alpha value is -2.64. The van der Waals surface area contributed by atoms with Crippen molar-refractivity contribution in [1.82, 2.24) is 9.47 Å². The van der Waals surface area contributed by atoms with Gasteiger partial charge in [0.15, 0.2) is 0 Å². The average Bonchev–Trinajstić information content (AvgIpc) is 3.00. The molecule has 188 valence electrons. The first-order chi connectivity index (χ1) is 16.8. The van der Waals surface area contributed by atoms with E-state index < -0.39 is 5.97 Å². The number of anilines is 1. The maximum Gasteiger partial charge on any atom is 0.303 e. The molecule has 3 heterocycles. The third-order valence-electron chi connectivity index (χ3n) is 6.49. The Morgan fingerprint density at radius 2 is 1.86 bits per heavy atom. The zero-order chi connectivity index (χ0) is 25.5. The third-order valence-corrected chi connectivity index (χ3v) is 7.87. The van der Waals surface area contributed by atoms with Gasteiger partial charge in [0.05, 0.1) is 4.91 Å². The molecular weight excluding hydrogens is 484 g/mol. The Morgan fingerprint density at radius 1 is 1.17 bits per heavy atom. The van der Waals surface area contributed by atoms with Gasteiger partial charge in [0.2, 0.25) is 0 Å². The molecule has 3 rings (SSSR count). The van der Waals surface area contributed by atoms with Gasteiger partial charge in [0.25, 0.3) is 11.5 Å². The smallest absolute Gasteiger partial charge is 0.303 e. The van der Waals surface area contributed by atoms with Crippen molar-refractivity contribution in [3.8, 4) is 6.07 Å². The van der Waals surface area contributed by atoms with Crippen LogP contribution >= 0.6 is 24.0 Å². The summed E-state index contributed by atoms with van der Waals surface area (Å²) in [5.41, 5.74) is 1.12. The lowest BCUT2D eigenvalue weighted by molar-refractivity contribution is -0.137. The minimum atomic E-state index is -0.820. The number of carbonyl (C=O) groups is 2. The van der Waals surface area contributed by atoms with Crippen molar-refractivity contribution < 1.29 is 14.7 Å². The number of hydrogen-bond acceptors (Lipinski definition) is 7. The molecule has 1 N–H and O–H groups in total. The summed E-state index contributed by atoms with van der Waals surface area (Å²) in [7, 11) is 0. The molecule has 0 bridgehead atoms. The van der Waals surface area contributed by atoms with Crippen molar-refractivity contribution in [2.75, 3.05) is 24.5 Å². The van der Waals surface area contributed by atoms with E-state index in [-0.39, 0.29) is 23.5 Å². The molecule has 10 heteroatoms. The zero-order valence-corrected chi connectivity index (χ0v) is 22.0. The molecule has 2 aliphatic heterocycles. The van der Waals surface area contributed by atoms with Crippen LogP contribution in [0.15, 0.2) is 9.70 Å². The first kappa shape index (κ1) is 27.0. The number of rotatable bonds is 9. The Bertz CT molecular complexity index is 1130. The molecule has 35 heavy (non-hydrogen) atoms. The van der Waals surface area contributed by atoms with E-state index in [4.69, 9.17) is 17.3 Å². The van der Waals surface area contributed by atoms with Crippen LogP contribution in [0.25, 0.3) is 6.08 Å². The fourth-order valence-electron chi connectivity index (χ4n) is 4.61. The highest BCUT2D eigenvalue weighted by Gasteiger charge is 2.33. The van der Waals surface area contributed by atoms with Gasteiger partial charge in [-0.2, -0.15) is 5.26 Å². The maximum atomic E-state index is 13.2. The van der Waals surface area contributed by atoms with Gasteiger partial charge in [-0.25, -0.2) is 0 Å². The molecule has 0 spiro atoms. The molecule has 0 saturated carbocycles. The predicted molar refractivity (Wildman–Crippen MR) is 142 cm³/mol. The summed E-state index contributed by atoms with van der Waals surface area (Å²) >= 11 is 6.70. The number of unbranched alkanes of at least 4 members (excludes halogenated alkanes) is 2. The van der Waals surface area contributed by atoms with Crippen LogP contribution in [-0.2, 0) is 16.1 Å². The van der Waals surface area contributed by atoms with Crippen molar-refractivity contribution in [3.05, 3.63) is 31.9 Å². The number of nitrogens with zero attached hydrogens (tertiary/aromatic N) is 4. The molecule has 0 radical (unpaired) electrons. The van der Waals surface area contributed by atoms with Crippen molar-refractivity contribution in [2.24, 2.45) is 0 Å². The van der Waals surface area contributed by atoms with E-state index in [1.807, 2.05) is 6.92 Å². The summed E-state index contributed by atoms with van der Waals surface area (Å²) in [6.07, 6.45) is 8.19. The number of thioether (sulfide) groups is 1. The number of thiocarbonyl (C=S) groups is 1. The normalized spacial score (nSPS) is 17.7. The predicted octanol–water partition coefficient (Wildman–Crippen LogP) is 4.27. The van der Waals surface area contributed by atoms with Gasteiger partial charge >= 0.3 is 5.97 Å². The standard InChI is InChI=1S/C25H32N4O4S2/c1-3-28-22(27-12-8-4-5-9-13-27)18(17(2)19(16-26)23(28)32)15-20-24(33)29(25(34)35-20)14-10-6-7-11-21(30)31/h15H,3-14H2,1-2H3,(H,30,31)/b20-15+. The van der Waals surface area contributed by atoms with Crippen molar-refractivity contribution in [2.45, 2.75) is 71.8 Å². The van der Waals surface area contributed by atoms with Crippen molar-refractivity contribution in [3.63, 3.8) is 0 Å². The van der Waals surface area contributed by atoms with Crippen LogP contribution in [0.4, 0.5) is 5.82 Å². The van der Waals surface area contributed by atoms with Crippen LogP contribution in [-0.4, -0.2) is 50.4 Å². The minimum absolute atomic E-state index is 0.102. The summed E-state index contributed by atoms with van der Waals surface area (Å²) < 4.78 is 2.13. The van der Waals surface area contributed by atoms with Gasteiger partial charge in [-0.1, -0.05) is 43.2 Å². The van der Waals surface area contributed by atoms with Crippen LogP contribution in [0.3, 0.4) is 0 Å². The van der Waals surface area contributed by atoms with Gasteiger partial charge in [-0.05, 0) is 51.2 Å². The molecule has 1 amide bonds. The van der Waals surface area contributed by atoms with Crippen LogP contribution in [0.1, 0.15) is 75.0 Å². The Labute approximate surface area is 215 Å². The SMILES string of the molecule is CCn1c(N2CCCCCC2)c(/C=C2/SC(=S)N(CCCCCC(=O)O)C2=O)c(C)c(C#N)c1=O. The first-order valence-corrected chi connectivity index (χ1v) is 13.4. The molecule has 1 aromatic rings. The summed E-state index contributed by atoms with van der Waals surface area (Å²) in [5, 5.41) is 18.5. The molecule has 0 aliphatic carbocycles. The minimum Gasteiger partial charge on any atom is -0.481 e. The highest BCUT2D eigenvalue weighted by molar-refractivity contribution is 8.26. The summed E-state index contributed by atoms with van der Waals surface area (Å²) in [4.78, 5) is 41.3. The largest absolute Gasteiger partial charge is 0.481 e. The molecule has 0 aromatic carbocycles. The molecule has 0 atom stereocenters. The second kappa shape index (κ2) is 12.4. The number of aliphatic carboxylic acids is 1. The van der Waals surface area contributed by atoms with Crippen molar-refractivity contribution >= 4 is 52.1 Å². The number of carboxylic acids is 1. The summed E-state index contributed by atoms with van der Waals surface area (Å²) in [5.74, 6) is -0.235. The van der Waals surface area contributed by atoms with Gasteiger partial charge < -0.3 is 10.0 Å². The quantitative estimate of drug-likeness (QED) is 0.295. The number of aromatic nitrogens is 1. The van der Waals surface area contributed by atoms with E-state index in [1.165, 1.54) is 11.8 Å². The van der Waals surface area contributed by atoms with Crippen LogP contribution in [0.2, 0.25) is 0 Å². The first-order valence-electron chi connectivity index (χ1n) is 12.2. The monoisotopic (exact) mass is 516 g/mol. The van der Waals surface area contributed by atoms with Gasteiger partial charge in [0.1, 0.15) is 21.8 Å². The van der Waals surface area contributed by atoms with E-state index in [9.17, 15) is 19.6 Å². The number of carbonyl (C=O) groups excluding carboxylic acids is 1. The fourth-order valence-corrected chi connectivity index (χ4v) is 5.90. The Kier molecular flexibility index (Phi) is 9.52. The van der Waals surface area contributed by atoms with Crippen LogP contribution in [0.5, 0.6) is 0 Å². The zero-order valence-electron chi connectivity index (χ0n) is 20.3. The van der Waals surface area contributed by atoms with Crippen molar-refractivity contribution in [1.29, 1.82) is 5.26 Å². The average molecular weight is 517 g/mol. The van der Waals surface area contributed by atoms with Gasteiger partial charge in [0, 0.05) is 38.2 Å². The molecule has 8 nitrogen and oxygen atoms in total. The molecule has 2 aliphatic rings. The number of carboxylic acid groups (broad SMARTS) is 1. The van der Waals surface area contributed by atoms with Gasteiger partial charge in [-0.15, -0.1) is 0 Å². The lowest BCUT2D eigenvalue weighted by atomic mass is 10.0. The molecule has 0 unspecified atom stereocenters. The van der Waals surface area contributed by atoms with E-state index in [0.717, 1.165) is 50.2 Å². The topological polar surface area (TPSA) is 107 Å². The summed E-state index contributed by atoms with van der Waals surface area (Å²) in [6.45, 7) is 6.18. The van der Waals surface area contributed by atoms with Crippen LogP contribution in [0, 0.1) is 18.3 Å². The van der Waals surface area contributed by atoms with E-state index in [2.05, 4.69) is 11.0 Å². The fraction of sp³-hybridized carbons (Fsp3) is 0.560. The number of nitriles is 1. The van der Waals surface area contributed by atoms with E-state index >= 15 is 0 Å². The van der Waals surface area contributed by atoms with E-state index in [0.29, 0.717) is 47.1 Å². The second-order valence-corrected chi connectivity index (χ2v) is 10.5. The molecule has 1 aromatic heterocycles. The Balaban J connectivity index is 1.97. The van der Waals surface area contributed by atoms with Gasteiger partial charge in [-0.3, -0.25) is 23.9 Å². The molecule has 2 fully saturated rings. The number of amides is 1. The van der Waals surface area contributed by atoms with Crippen LogP contribution < -0.4 is 10.5 Å². The number of hydrogen-bond donors (Lipinski definition) is 1. The highest BCUT2D eigenvalue weighted by Crippen LogP contribution is 2.36. The third kappa shape index (κ3) is 6.14. The Morgan fingerprint density at radius 3 is 2.46 bits per heavy atom. The molecular formula is C25H32N4O4S2. The summed E-state index contributed by atoms with van der Waals surface area (Å²) in [6, 6.07) is 2.07. The second-order valence-electron chi connectivity index (χ2n) is 8.84. The lowest BCUT2D eigenvalue weighted by Crippen LogP contribution is -2.35. The number of pyridine rings is 1. The molecule has 2 saturated heterocycles. The maximum absolute atomic E-state index is 13.2. The lowest BCUT2D eigenvalue weighted by Gasteiger charge is -2.29. The van der Waals surface area contributed by atoms with E-state index in [1.54, 1.807) is 22.5 Å².